The van der Waals surface area contributed by atoms with Crippen molar-refractivity contribution in [3.05, 3.63) is 0 Å². The van der Waals surface area contributed by atoms with E-state index >= 15 is 0 Å². The molecule has 72 valence electrons. The van der Waals surface area contributed by atoms with Crippen LogP contribution in [-0.2, 0) is 14.5 Å². The van der Waals surface area contributed by atoms with Crippen molar-refractivity contribution in [2.75, 3.05) is 20.2 Å². The molecule has 0 radical (unpaired) electrons. The van der Waals surface area contributed by atoms with Gasteiger partial charge in [-0.05, 0) is 26.4 Å². The normalized spacial score (nSPS) is 26.3. The summed E-state index contributed by atoms with van der Waals surface area (Å²) >= 11 is 0. The van der Waals surface area contributed by atoms with E-state index in [1.807, 2.05) is 7.05 Å². The lowest BCUT2D eigenvalue weighted by Gasteiger charge is -2.17. The van der Waals surface area contributed by atoms with Gasteiger partial charge >= 0.3 is 10.3 Å². The van der Waals surface area contributed by atoms with Gasteiger partial charge in [0.1, 0.15) is 0 Å². The number of nitrogens with two attached hydrogens (primary N) is 1. The van der Waals surface area contributed by atoms with Gasteiger partial charge in [-0.3, -0.25) is 4.18 Å². The third-order valence-electron chi connectivity index (χ3n) is 2.10. The standard InChI is InChI=1S/C6H14N2O3S/c1-8-4-2-3-6(8)5-11-12(7,9)10/h6H,2-5H2,1H3,(H2,7,9,10). The van der Waals surface area contributed by atoms with Crippen LogP contribution in [0.3, 0.4) is 0 Å². The van der Waals surface area contributed by atoms with Crippen molar-refractivity contribution in [3.63, 3.8) is 0 Å². The summed E-state index contributed by atoms with van der Waals surface area (Å²) in [7, 11) is -1.81. The maximum absolute atomic E-state index is 10.4. The molecular formula is C6H14N2O3S. The molecule has 1 fully saturated rings. The van der Waals surface area contributed by atoms with Crippen molar-refractivity contribution in [2.24, 2.45) is 5.14 Å². The van der Waals surface area contributed by atoms with Gasteiger partial charge in [0.2, 0.25) is 0 Å². The lowest BCUT2D eigenvalue weighted by molar-refractivity contribution is 0.203. The number of rotatable bonds is 3. The Kier molecular flexibility index (Phi) is 3.05. The zero-order chi connectivity index (χ0) is 9.19. The molecule has 5 nitrogen and oxygen atoms in total. The van der Waals surface area contributed by atoms with Crippen molar-refractivity contribution < 1.29 is 12.6 Å². The maximum atomic E-state index is 10.4. The number of nitrogens with zero attached hydrogens (tertiary/aromatic N) is 1. The number of likely N-dealkylation sites (N-methyl/N-ethyl adjacent to an activating group) is 1. The number of hydrogen-bond acceptors (Lipinski definition) is 4. The molecule has 1 unspecified atom stereocenters. The molecule has 1 saturated heterocycles. The van der Waals surface area contributed by atoms with Crippen LogP contribution in [0.2, 0.25) is 0 Å². The molecule has 0 bridgehead atoms. The molecule has 0 aromatic carbocycles. The zero-order valence-corrected chi connectivity index (χ0v) is 7.88. The lowest BCUT2D eigenvalue weighted by atomic mass is 10.2. The SMILES string of the molecule is CN1CCCC1COS(N)(=O)=O. The fourth-order valence-corrected chi connectivity index (χ4v) is 1.71. The molecular weight excluding hydrogens is 180 g/mol. The molecule has 0 spiro atoms. The summed E-state index contributed by atoms with van der Waals surface area (Å²) in [4.78, 5) is 2.07. The van der Waals surface area contributed by atoms with E-state index in [0.29, 0.717) is 0 Å². The van der Waals surface area contributed by atoms with Crippen molar-refractivity contribution in [1.82, 2.24) is 4.90 Å². The van der Waals surface area contributed by atoms with Gasteiger partial charge in [0.05, 0.1) is 6.61 Å². The molecule has 0 aromatic rings. The zero-order valence-electron chi connectivity index (χ0n) is 7.06. The minimum Gasteiger partial charge on any atom is -0.301 e. The van der Waals surface area contributed by atoms with Crippen LogP contribution in [-0.4, -0.2) is 39.6 Å². The molecule has 6 heteroatoms. The van der Waals surface area contributed by atoms with Gasteiger partial charge in [0.15, 0.2) is 0 Å². The monoisotopic (exact) mass is 194 g/mol. The van der Waals surface area contributed by atoms with Gasteiger partial charge in [-0.2, -0.15) is 8.42 Å². The van der Waals surface area contributed by atoms with E-state index in [0.717, 1.165) is 19.4 Å². The molecule has 1 aliphatic rings. The van der Waals surface area contributed by atoms with Crippen LogP contribution >= 0.6 is 0 Å². The average Bonchev–Trinajstić information content (AvgIpc) is 2.29. The number of hydrogen-bond donors (Lipinski definition) is 1. The molecule has 1 rings (SSSR count). The van der Waals surface area contributed by atoms with Crippen molar-refractivity contribution >= 4 is 10.3 Å². The van der Waals surface area contributed by atoms with Gasteiger partial charge in [-0.1, -0.05) is 0 Å². The Morgan fingerprint density at radius 2 is 2.33 bits per heavy atom. The minimum atomic E-state index is -3.76. The third-order valence-corrected chi connectivity index (χ3v) is 2.56. The first-order valence-corrected chi connectivity index (χ1v) is 5.33. The van der Waals surface area contributed by atoms with Crippen LogP contribution in [0.5, 0.6) is 0 Å². The molecule has 1 atom stereocenters. The van der Waals surface area contributed by atoms with Gasteiger partial charge in [-0.25, -0.2) is 5.14 Å². The highest BCUT2D eigenvalue weighted by molar-refractivity contribution is 7.84. The minimum absolute atomic E-state index is 0.176. The Morgan fingerprint density at radius 3 is 2.75 bits per heavy atom. The van der Waals surface area contributed by atoms with E-state index in [1.165, 1.54) is 0 Å². The molecule has 12 heavy (non-hydrogen) atoms. The summed E-state index contributed by atoms with van der Waals surface area (Å²) in [5.41, 5.74) is 0. The van der Waals surface area contributed by atoms with E-state index in [2.05, 4.69) is 9.08 Å². The van der Waals surface area contributed by atoms with E-state index < -0.39 is 10.3 Å². The van der Waals surface area contributed by atoms with Crippen molar-refractivity contribution in [3.8, 4) is 0 Å². The van der Waals surface area contributed by atoms with E-state index in [9.17, 15) is 8.42 Å². The van der Waals surface area contributed by atoms with Crippen molar-refractivity contribution in [1.29, 1.82) is 0 Å². The molecule has 0 amide bonds. The molecule has 0 aliphatic carbocycles. The van der Waals surface area contributed by atoms with E-state index in [1.54, 1.807) is 0 Å². The number of likely N-dealkylation sites (tertiary alicyclic amines) is 1. The Morgan fingerprint density at radius 1 is 1.67 bits per heavy atom. The van der Waals surface area contributed by atoms with Crippen LogP contribution in [0.1, 0.15) is 12.8 Å². The highest BCUT2D eigenvalue weighted by atomic mass is 32.2. The van der Waals surface area contributed by atoms with Crippen LogP contribution < -0.4 is 5.14 Å². The molecule has 0 aromatic heterocycles. The first-order valence-electron chi connectivity index (χ1n) is 3.86. The van der Waals surface area contributed by atoms with Crippen LogP contribution in [0, 0.1) is 0 Å². The fourth-order valence-electron chi connectivity index (χ4n) is 1.36. The van der Waals surface area contributed by atoms with Crippen molar-refractivity contribution in [2.45, 2.75) is 18.9 Å². The van der Waals surface area contributed by atoms with E-state index in [4.69, 9.17) is 5.14 Å². The summed E-state index contributed by atoms with van der Waals surface area (Å²) in [5.74, 6) is 0. The molecule has 2 N–H and O–H groups in total. The summed E-state index contributed by atoms with van der Waals surface area (Å²) < 4.78 is 25.4. The second-order valence-electron chi connectivity index (χ2n) is 3.05. The highest BCUT2D eigenvalue weighted by Crippen LogP contribution is 2.14. The van der Waals surface area contributed by atoms with E-state index in [-0.39, 0.29) is 12.6 Å². The van der Waals surface area contributed by atoms with Crippen LogP contribution in [0.15, 0.2) is 0 Å². The highest BCUT2D eigenvalue weighted by Gasteiger charge is 2.22. The van der Waals surface area contributed by atoms with Crippen LogP contribution in [0.25, 0.3) is 0 Å². The fraction of sp³-hybridized carbons (Fsp3) is 1.00. The second-order valence-corrected chi connectivity index (χ2v) is 4.28. The summed E-state index contributed by atoms with van der Waals surface area (Å²) in [6, 6.07) is 0.198. The predicted molar refractivity (Wildman–Crippen MR) is 44.7 cm³/mol. The molecule has 0 saturated carbocycles. The van der Waals surface area contributed by atoms with Gasteiger partial charge < -0.3 is 4.90 Å². The topological polar surface area (TPSA) is 72.6 Å². The largest absolute Gasteiger partial charge is 0.333 e. The van der Waals surface area contributed by atoms with Gasteiger partial charge in [-0.15, -0.1) is 0 Å². The average molecular weight is 194 g/mol. The third kappa shape index (κ3) is 3.06. The van der Waals surface area contributed by atoms with Crippen LogP contribution in [0.4, 0.5) is 0 Å². The Balaban J connectivity index is 2.32. The molecule has 1 aliphatic heterocycles. The first-order chi connectivity index (χ1) is 5.49. The Bertz CT molecular complexity index is 239. The Hall–Kier alpha value is -0.170. The first kappa shape index (κ1) is 9.91. The summed E-state index contributed by atoms with van der Waals surface area (Å²) in [5, 5.41) is 4.69. The Labute approximate surface area is 72.7 Å². The molecule has 1 heterocycles. The maximum Gasteiger partial charge on any atom is 0.333 e. The smallest absolute Gasteiger partial charge is 0.301 e. The quantitative estimate of drug-likeness (QED) is 0.645. The summed E-state index contributed by atoms with van der Waals surface area (Å²) in [6.45, 7) is 1.17. The lowest BCUT2D eigenvalue weighted by Crippen LogP contribution is -2.31. The summed E-state index contributed by atoms with van der Waals surface area (Å²) in [6.07, 6.45) is 2.07. The predicted octanol–water partition coefficient (Wildman–Crippen LogP) is -0.699. The van der Waals surface area contributed by atoms with Gasteiger partial charge in [0.25, 0.3) is 0 Å². The second kappa shape index (κ2) is 3.69. The van der Waals surface area contributed by atoms with Gasteiger partial charge in [0, 0.05) is 6.04 Å².